The van der Waals surface area contributed by atoms with Crippen molar-refractivity contribution in [3.63, 3.8) is 0 Å². The number of nitrogens with zero attached hydrogens (tertiary/aromatic N) is 2. The number of rotatable bonds is 3. The molecule has 1 fully saturated rings. The summed E-state index contributed by atoms with van der Waals surface area (Å²) < 4.78 is 0. The van der Waals surface area contributed by atoms with Gasteiger partial charge in [-0.15, -0.1) is 0 Å². The van der Waals surface area contributed by atoms with E-state index in [1.54, 1.807) is 6.07 Å². The summed E-state index contributed by atoms with van der Waals surface area (Å²) in [7, 11) is 0. The molecule has 1 aliphatic carbocycles. The molecule has 1 aromatic heterocycles. The molecule has 2 rings (SSSR count). The molecule has 0 unspecified atom stereocenters. The van der Waals surface area contributed by atoms with Crippen molar-refractivity contribution < 1.29 is 4.92 Å². The van der Waals surface area contributed by atoms with Gasteiger partial charge in [0.1, 0.15) is 5.82 Å². The third-order valence-electron chi connectivity index (χ3n) is 2.63. The van der Waals surface area contributed by atoms with Gasteiger partial charge < -0.3 is 16.8 Å². The second kappa shape index (κ2) is 3.93. The van der Waals surface area contributed by atoms with Crippen molar-refractivity contribution in [3.05, 3.63) is 22.2 Å². The fourth-order valence-electron chi connectivity index (χ4n) is 1.69. The Balaban J connectivity index is 2.06. The minimum Gasteiger partial charge on any atom is -0.378 e. The summed E-state index contributed by atoms with van der Waals surface area (Å²) in [5.41, 5.74) is 10.9. The number of hydrogen-bond acceptors (Lipinski definition) is 6. The molecule has 86 valence electrons. The van der Waals surface area contributed by atoms with Crippen LogP contribution in [0.1, 0.15) is 12.8 Å². The van der Waals surface area contributed by atoms with Crippen LogP contribution in [-0.4, -0.2) is 22.0 Å². The predicted molar refractivity (Wildman–Crippen MR) is 59.9 cm³/mol. The molecular formula is C9H13N5O2. The molecular weight excluding hydrogens is 210 g/mol. The molecule has 1 aliphatic rings. The maximum atomic E-state index is 10.5. The van der Waals surface area contributed by atoms with Gasteiger partial charge in [-0.3, -0.25) is 10.1 Å². The molecule has 0 bridgehead atoms. The van der Waals surface area contributed by atoms with E-state index in [1.165, 1.54) is 6.07 Å². The zero-order chi connectivity index (χ0) is 11.7. The Bertz CT molecular complexity index is 416. The van der Waals surface area contributed by atoms with Gasteiger partial charge in [-0.1, -0.05) is 0 Å². The monoisotopic (exact) mass is 223 g/mol. The van der Waals surface area contributed by atoms with E-state index in [-0.39, 0.29) is 17.5 Å². The zero-order valence-electron chi connectivity index (χ0n) is 8.59. The quantitative estimate of drug-likeness (QED) is 0.506. The SMILES string of the molecule is Nc1nc(NC2CC(N)C2)ccc1[N+](=O)[O-]. The summed E-state index contributed by atoms with van der Waals surface area (Å²) >= 11 is 0. The molecule has 0 aliphatic heterocycles. The van der Waals surface area contributed by atoms with Crippen molar-refractivity contribution in [2.75, 3.05) is 11.1 Å². The van der Waals surface area contributed by atoms with Crippen LogP contribution in [-0.2, 0) is 0 Å². The predicted octanol–water partition coefficient (Wildman–Crippen LogP) is 0.474. The number of nitro groups is 1. The van der Waals surface area contributed by atoms with Gasteiger partial charge in [-0.05, 0) is 18.9 Å². The number of pyridine rings is 1. The third-order valence-corrected chi connectivity index (χ3v) is 2.63. The smallest absolute Gasteiger partial charge is 0.311 e. The number of nitrogens with two attached hydrogens (primary N) is 2. The molecule has 7 heteroatoms. The van der Waals surface area contributed by atoms with Crippen LogP contribution >= 0.6 is 0 Å². The first kappa shape index (κ1) is 10.6. The standard InChI is InChI=1S/C9H13N5O2/c10-5-3-6(4-5)12-8-2-1-7(14(15)16)9(11)13-8/h1-2,5-6H,3-4,10H2,(H3,11,12,13). The van der Waals surface area contributed by atoms with Gasteiger partial charge in [0.2, 0.25) is 5.82 Å². The van der Waals surface area contributed by atoms with E-state index < -0.39 is 4.92 Å². The Morgan fingerprint density at radius 1 is 1.50 bits per heavy atom. The number of nitrogens with one attached hydrogen (secondary N) is 1. The van der Waals surface area contributed by atoms with Gasteiger partial charge in [0.05, 0.1) is 4.92 Å². The van der Waals surface area contributed by atoms with Crippen LogP contribution in [0.2, 0.25) is 0 Å². The van der Waals surface area contributed by atoms with Crippen molar-refractivity contribution in [3.8, 4) is 0 Å². The molecule has 16 heavy (non-hydrogen) atoms. The van der Waals surface area contributed by atoms with Crippen LogP contribution in [0, 0.1) is 10.1 Å². The van der Waals surface area contributed by atoms with Crippen LogP contribution in [0.15, 0.2) is 12.1 Å². The van der Waals surface area contributed by atoms with Gasteiger partial charge in [-0.25, -0.2) is 4.98 Å². The first-order valence-corrected chi connectivity index (χ1v) is 4.99. The summed E-state index contributed by atoms with van der Waals surface area (Å²) in [6, 6.07) is 3.44. The van der Waals surface area contributed by atoms with Crippen molar-refractivity contribution >= 4 is 17.3 Å². The molecule has 7 nitrogen and oxygen atoms in total. The maximum absolute atomic E-state index is 10.5. The van der Waals surface area contributed by atoms with Crippen molar-refractivity contribution in [1.82, 2.24) is 4.98 Å². The van der Waals surface area contributed by atoms with Crippen molar-refractivity contribution in [2.24, 2.45) is 5.73 Å². The largest absolute Gasteiger partial charge is 0.378 e. The highest BCUT2D eigenvalue weighted by Gasteiger charge is 2.26. The summed E-state index contributed by atoms with van der Waals surface area (Å²) in [6.07, 6.45) is 1.77. The van der Waals surface area contributed by atoms with Crippen LogP contribution in [0.25, 0.3) is 0 Å². The fraction of sp³-hybridized carbons (Fsp3) is 0.444. The van der Waals surface area contributed by atoms with E-state index in [0.717, 1.165) is 12.8 Å². The first-order chi connectivity index (χ1) is 7.56. The Labute approximate surface area is 92.0 Å². The second-order valence-electron chi connectivity index (χ2n) is 3.93. The molecule has 5 N–H and O–H groups in total. The highest BCUT2D eigenvalue weighted by atomic mass is 16.6. The Morgan fingerprint density at radius 3 is 2.69 bits per heavy atom. The number of anilines is 2. The van der Waals surface area contributed by atoms with Crippen LogP contribution in [0.3, 0.4) is 0 Å². The highest BCUT2D eigenvalue weighted by Crippen LogP contribution is 2.25. The average molecular weight is 223 g/mol. The minimum atomic E-state index is -0.550. The molecule has 0 spiro atoms. The van der Waals surface area contributed by atoms with E-state index in [2.05, 4.69) is 10.3 Å². The van der Waals surface area contributed by atoms with Gasteiger partial charge >= 0.3 is 5.69 Å². The van der Waals surface area contributed by atoms with Crippen LogP contribution in [0.4, 0.5) is 17.3 Å². The summed E-state index contributed by atoms with van der Waals surface area (Å²) in [4.78, 5) is 13.9. The van der Waals surface area contributed by atoms with E-state index in [4.69, 9.17) is 11.5 Å². The second-order valence-corrected chi connectivity index (χ2v) is 3.93. The Kier molecular flexibility index (Phi) is 2.61. The number of nitrogen functional groups attached to an aromatic ring is 1. The van der Waals surface area contributed by atoms with Crippen LogP contribution < -0.4 is 16.8 Å². The molecule has 0 amide bonds. The maximum Gasteiger partial charge on any atom is 0.311 e. The molecule has 0 saturated heterocycles. The Hall–Kier alpha value is -1.89. The summed E-state index contributed by atoms with van der Waals surface area (Å²) in [5.74, 6) is 0.485. The average Bonchev–Trinajstić information content (AvgIpc) is 2.15. The molecule has 1 heterocycles. The lowest BCUT2D eigenvalue weighted by atomic mass is 9.88. The van der Waals surface area contributed by atoms with Crippen molar-refractivity contribution in [2.45, 2.75) is 24.9 Å². The van der Waals surface area contributed by atoms with E-state index in [0.29, 0.717) is 11.9 Å². The lowest BCUT2D eigenvalue weighted by Gasteiger charge is -2.33. The van der Waals surface area contributed by atoms with Gasteiger partial charge in [-0.2, -0.15) is 0 Å². The number of hydrogen-bond donors (Lipinski definition) is 3. The molecule has 0 radical (unpaired) electrons. The van der Waals surface area contributed by atoms with Crippen LogP contribution in [0.5, 0.6) is 0 Å². The number of aromatic nitrogens is 1. The first-order valence-electron chi connectivity index (χ1n) is 4.99. The molecule has 0 atom stereocenters. The minimum absolute atomic E-state index is 0.0707. The summed E-state index contributed by atoms with van der Waals surface area (Å²) in [6.45, 7) is 0. The van der Waals surface area contributed by atoms with Gasteiger partial charge in [0.15, 0.2) is 0 Å². The molecule has 1 aromatic rings. The van der Waals surface area contributed by atoms with E-state index in [9.17, 15) is 10.1 Å². The zero-order valence-corrected chi connectivity index (χ0v) is 8.59. The lowest BCUT2D eigenvalue weighted by molar-refractivity contribution is -0.384. The lowest BCUT2D eigenvalue weighted by Crippen LogP contribution is -2.44. The fourth-order valence-corrected chi connectivity index (χ4v) is 1.69. The topological polar surface area (TPSA) is 120 Å². The summed E-state index contributed by atoms with van der Waals surface area (Å²) in [5, 5.41) is 13.6. The van der Waals surface area contributed by atoms with E-state index >= 15 is 0 Å². The highest BCUT2D eigenvalue weighted by molar-refractivity contribution is 5.57. The Morgan fingerprint density at radius 2 is 2.19 bits per heavy atom. The van der Waals surface area contributed by atoms with E-state index in [1.807, 2.05) is 0 Å². The molecule has 1 saturated carbocycles. The normalized spacial score (nSPS) is 23.6. The molecule has 0 aromatic carbocycles. The van der Waals surface area contributed by atoms with Crippen molar-refractivity contribution in [1.29, 1.82) is 0 Å². The van der Waals surface area contributed by atoms with Gasteiger partial charge in [0, 0.05) is 18.2 Å². The third kappa shape index (κ3) is 2.03. The van der Waals surface area contributed by atoms with Gasteiger partial charge in [0.25, 0.3) is 0 Å².